The SMILES string of the molecule is C/C1=C/CCC2=C[C@@H](C/C(C)=C/CC3=CC(=O)C(=CC3=O)C1)[C@]1(C=O)/C=C/C=C(\C)CC/C=C(/C)CC3=CC(=O)C(=CC3=O)C[C@@H]1C2. The van der Waals surface area contributed by atoms with Crippen LogP contribution in [0.3, 0.4) is 0 Å². The highest BCUT2D eigenvalue weighted by molar-refractivity contribution is 6.20. The number of fused-ring (bicyclic) bond motifs is 14. The molecule has 0 aromatic heterocycles. The molecule has 7 rings (SSSR count). The molecule has 7 aliphatic carbocycles. The summed E-state index contributed by atoms with van der Waals surface area (Å²) >= 11 is 0. The largest absolute Gasteiger partial charge is 0.302 e. The number of hydrogen-bond acceptors (Lipinski definition) is 5. The van der Waals surface area contributed by atoms with Gasteiger partial charge in [0.15, 0.2) is 23.1 Å². The first-order valence-corrected chi connectivity index (χ1v) is 16.9. The van der Waals surface area contributed by atoms with Crippen molar-refractivity contribution in [3.05, 3.63) is 117 Å². The van der Waals surface area contributed by atoms with E-state index < -0.39 is 5.41 Å². The molecule has 47 heavy (non-hydrogen) atoms. The third kappa shape index (κ3) is 8.01. The molecule has 6 bridgehead atoms. The molecule has 5 nitrogen and oxygen atoms in total. The van der Waals surface area contributed by atoms with E-state index in [9.17, 15) is 24.0 Å². The van der Waals surface area contributed by atoms with Gasteiger partial charge in [0, 0.05) is 22.3 Å². The molecule has 0 aromatic carbocycles. The first-order chi connectivity index (χ1) is 22.5. The fraction of sp³-hybridized carbons (Fsp3) is 0.405. The Balaban J connectivity index is 1.59. The predicted molar refractivity (Wildman–Crippen MR) is 186 cm³/mol. The minimum atomic E-state index is -0.915. The monoisotopic (exact) mass is 630 g/mol. The van der Waals surface area contributed by atoms with Gasteiger partial charge in [0.25, 0.3) is 0 Å². The minimum absolute atomic E-state index is 0.106. The van der Waals surface area contributed by atoms with Crippen LogP contribution in [-0.4, -0.2) is 29.4 Å². The van der Waals surface area contributed by atoms with Gasteiger partial charge in [-0.2, -0.15) is 0 Å². The van der Waals surface area contributed by atoms with Gasteiger partial charge in [-0.25, -0.2) is 0 Å². The molecule has 0 unspecified atom stereocenters. The zero-order chi connectivity index (χ0) is 33.7. The first-order valence-electron chi connectivity index (χ1n) is 16.9. The van der Waals surface area contributed by atoms with Crippen molar-refractivity contribution in [1.82, 2.24) is 0 Å². The summed E-state index contributed by atoms with van der Waals surface area (Å²) in [5.41, 5.74) is 6.64. The highest BCUT2D eigenvalue weighted by Gasteiger charge is 2.46. The van der Waals surface area contributed by atoms with E-state index in [1.54, 1.807) is 0 Å². The van der Waals surface area contributed by atoms with Gasteiger partial charge >= 0.3 is 0 Å². The average Bonchev–Trinajstić information content (AvgIpc) is 3.01. The molecule has 0 fully saturated rings. The summed E-state index contributed by atoms with van der Waals surface area (Å²) < 4.78 is 0. The van der Waals surface area contributed by atoms with Gasteiger partial charge in [0.1, 0.15) is 6.29 Å². The maximum atomic E-state index is 13.5. The molecule has 0 saturated heterocycles. The maximum Gasteiger partial charge on any atom is 0.182 e. The molecule has 0 radical (unpaired) electrons. The Bertz CT molecular complexity index is 1710. The number of carbonyl (C=O) groups is 5. The van der Waals surface area contributed by atoms with E-state index in [0.717, 1.165) is 48.7 Å². The zero-order valence-corrected chi connectivity index (χ0v) is 28.2. The standard InChI is InChI=1S/C42H46O5/c1-27-8-5-9-28(2)16-34-24-41(47)35(25-40(34)46)21-37-20-31-12-6-10-29(3)17-33-23-38(44)32(22-39(33)45)14-13-30(4)18-36(19-31)42(37,26-43)15-7-11-27/h7,9-11,13,15,19,22-26,36-37H,5-6,8,12,14,16-18,20-21H2,1-4H3/b15-7+,27-11+,28-9-,29-10-,30-13+/t36-,37+,42-/m1/s1. The molecule has 244 valence electrons. The molecule has 0 saturated carbocycles. The molecular weight excluding hydrogens is 584 g/mol. The molecule has 7 aliphatic rings. The fourth-order valence-electron chi connectivity index (χ4n) is 7.57. The Morgan fingerprint density at radius 1 is 0.638 bits per heavy atom. The highest BCUT2D eigenvalue weighted by atomic mass is 16.1. The molecule has 0 aromatic rings. The average molecular weight is 631 g/mol. The van der Waals surface area contributed by atoms with Crippen molar-refractivity contribution in [2.24, 2.45) is 17.3 Å². The Morgan fingerprint density at radius 2 is 1.21 bits per heavy atom. The van der Waals surface area contributed by atoms with Crippen LogP contribution < -0.4 is 0 Å². The number of hydrogen-bond donors (Lipinski definition) is 0. The van der Waals surface area contributed by atoms with Crippen LogP contribution in [-0.2, 0) is 24.0 Å². The van der Waals surface area contributed by atoms with Crippen LogP contribution in [0, 0.1) is 17.3 Å². The molecule has 0 heterocycles. The van der Waals surface area contributed by atoms with Crippen molar-refractivity contribution in [3.8, 4) is 0 Å². The summed E-state index contributed by atoms with van der Waals surface area (Å²) in [6, 6.07) is 0. The van der Waals surface area contributed by atoms with E-state index in [1.807, 2.05) is 39.0 Å². The molecule has 0 spiro atoms. The third-order valence-corrected chi connectivity index (χ3v) is 10.4. The van der Waals surface area contributed by atoms with E-state index in [-0.39, 0.29) is 35.0 Å². The second-order valence-corrected chi connectivity index (χ2v) is 14.2. The Labute approximate surface area is 279 Å². The van der Waals surface area contributed by atoms with Gasteiger partial charge in [-0.05, 0) is 128 Å². The van der Waals surface area contributed by atoms with Gasteiger partial charge in [-0.15, -0.1) is 0 Å². The van der Waals surface area contributed by atoms with E-state index in [1.165, 1.54) is 35.5 Å². The lowest BCUT2D eigenvalue weighted by Gasteiger charge is -2.44. The van der Waals surface area contributed by atoms with Crippen molar-refractivity contribution >= 4 is 29.4 Å². The van der Waals surface area contributed by atoms with E-state index >= 15 is 0 Å². The predicted octanol–water partition coefficient (Wildman–Crippen LogP) is 8.62. The summed E-state index contributed by atoms with van der Waals surface area (Å²) in [6.45, 7) is 8.10. The van der Waals surface area contributed by atoms with Gasteiger partial charge in [-0.1, -0.05) is 70.4 Å². The lowest BCUT2D eigenvalue weighted by Crippen LogP contribution is -2.41. The molecule has 0 aliphatic heterocycles. The van der Waals surface area contributed by atoms with Crippen molar-refractivity contribution in [2.75, 3.05) is 0 Å². The van der Waals surface area contributed by atoms with Gasteiger partial charge in [0.05, 0.1) is 5.41 Å². The number of ketones is 4. The second-order valence-electron chi connectivity index (χ2n) is 14.2. The summed E-state index contributed by atoms with van der Waals surface area (Å²) in [7, 11) is 0. The van der Waals surface area contributed by atoms with Gasteiger partial charge in [-0.3, -0.25) is 19.2 Å². The second kappa shape index (κ2) is 14.7. The topological polar surface area (TPSA) is 85.3 Å². The molecular formula is C42H46O5. The van der Waals surface area contributed by atoms with Crippen LogP contribution in [0.15, 0.2) is 117 Å². The molecule has 0 N–H and O–H groups in total. The maximum absolute atomic E-state index is 13.5. The van der Waals surface area contributed by atoms with E-state index in [0.29, 0.717) is 60.8 Å². The van der Waals surface area contributed by atoms with Crippen LogP contribution in [0.25, 0.3) is 0 Å². The Morgan fingerprint density at radius 3 is 1.87 bits per heavy atom. The number of allylic oxidation sites excluding steroid dienone is 20. The van der Waals surface area contributed by atoms with Crippen molar-refractivity contribution < 1.29 is 24.0 Å². The van der Waals surface area contributed by atoms with Crippen LogP contribution >= 0.6 is 0 Å². The molecule has 0 amide bonds. The third-order valence-electron chi connectivity index (χ3n) is 10.4. The summed E-state index contributed by atoms with van der Waals surface area (Å²) in [6.07, 6.45) is 27.7. The minimum Gasteiger partial charge on any atom is -0.302 e. The Hall–Kier alpha value is -4.25. The van der Waals surface area contributed by atoms with E-state index in [4.69, 9.17) is 0 Å². The number of carbonyl (C=O) groups excluding carboxylic acids is 5. The highest BCUT2D eigenvalue weighted by Crippen LogP contribution is 2.50. The molecule has 5 heteroatoms. The van der Waals surface area contributed by atoms with Crippen LogP contribution in [0.2, 0.25) is 0 Å². The van der Waals surface area contributed by atoms with Crippen molar-refractivity contribution in [3.63, 3.8) is 0 Å². The van der Waals surface area contributed by atoms with Crippen LogP contribution in [0.5, 0.6) is 0 Å². The Kier molecular flexibility index (Phi) is 10.6. The van der Waals surface area contributed by atoms with Crippen molar-refractivity contribution in [2.45, 2.75) is 91.9 Å². The quantitative estimate of drug-likeness (QED) is 0.165. The van der Waals surface area contributed by atoms with E-state index in [2.05, 4.69) is 31.2 Å². The summed E-state index contributed by atoms with van der Waals surface area (Å²) in [5, 5.41) is 0. The zero-order valence-electron chi connectivity index (χ0n) is 28.2. The molecule has 3 atom stereocenters. The lowest BCUT2D eigenvalue weighted by molar-refractivity contribution is -0.119. The smallest absolute Gasteiger partial charge is 0.182 e. The van der Waals surface area contributed by atoms with Gasteiger partial charge in [0.2, 0.25) is 0 Å². The van der Waals surface area contributed by atoms with Crippen molar-refractivity contribution in [1.29, 1.82) is 0 Å². The van der Waals surface area contributed by atoms with Crippen LogP contribution in [0.1, 0.15) is 91.9 Å². The van der Waals surface area contributed by atoms with Crippen LogP contribution in [0.4, 0.5) is 0 Å². The number of aldehydes is 1. The summed E-state index contributed by atoms with van der Waals surface area (Å²) in [4.78, 5) is 66.0. The number of rotatable bonds is 1. The lowest BCUT2D eigenvalue weighted by atomic mass is 9.58. The first kappa shape index (κ1) is 34.1. The fourth-order valence-corrected chi connectivity index (χ4v) is 7.57. The normalized spacial score (nSPS) is 33.2. The van der Waals surface area contributed by atoms with Gasteiger partial charge < -0.3 is 4.79 Å². The summed E-state index contributed by atoms with van der Waals surface area (Å²) in [5.74, 6) is -0.917.